The SMILES string of the molecule is OCc1cccc(OC/C=C/Cl)c1. The maximum absolute atomic E-state index is 8.84. The van der Waals surface area contributed by atoms with Crippen LogP contribution >= 0.6 is 11.6 Å². The molecule has 0 aliphatic heterocycles. The molecule has 0 bridgehead atoms. The summed E-state index contributed by atoms with van der Waals surface area (Å²) in [6, 6.07) is 7.30. The van der Waals surface area contributed by atoms with Crippen molar-refractivity contribution in [1.82, 2.24) is 0 Å². The number of ether oxygens (including phenoxy) is 1. The first-order chi connectivity index (χ1) is 6.36. The van der Waals surface area contributed by atoms with Crippen molar-refractivity contribution in [2.45, 2.75) is 6.61 Å². The van der Waals surface area contributed by atoms with Gasteiger partial charge in [0.1, 0.15) is 12.4 Å². The third kappa shape index (κ3) is 3.49. The summed E-state index contributed by atoms with van der Waals surface area (Å²) in [7, 11) is 0. The van der Waals surface area contributed by atoms with Crippen molar-refractivity contribution in [3.63, 3.8) is 0 Å². The van der Waals surface area contributed by atoms with Crippen LogP contribution in [0.5, 0.6) is 5.75 Å². The standard InChI is InChI=1S/C10H11ClO2/c11-5-2-6-13-10-4-1-3-9(7-10)8-12/h1-5,7,12H,6,8H2/b5-2+. The van der Waals surface area contributed by atoms with Gasteiger partial charge in [0.15, 0.2) is 0 Å². The minimum absolute atomic E-state index is 0.0303. The largest absolute Gasteiger partial charge is 0.489 e. The topological polar surface area (TPSA) is 29.5 Å². The minimum atomic E-state index is 0.0303. The smallest absolute Gasteiger partial charge is 0.120 e. The van der Waals surface area contributed by atoms with E-state index in [-0.39, 0.29) is 6.61 Å². The second-order valence-corrected chi connectivity index (χ2v) is 2.73. The summed E-state index contributed by atoms with van der Waals surface area (Å²) in [5.41, 5.74) is 2.25. The van der Waals surface area contributed by atoms with Crippen LogP contribution in [-0.4, -0.2) is 11.7 Å². The molecule has 70 valence electrons. The van der Waals surface area contributed by atoms with E-state index in [0.717, 1.165) is 11.3 Å². The van der Waals surface area contributed by atoms with Crippen molar-refractivity contribution in [2.24, 2.45) is 0 Å². The molecule has 0 aromatic heterocycles. The van der Waals surface area contributed by atoms with Gasteiger partial charge >= 0.3 is 0 Å². The highest BCUT2D eigenvalue weighted by Gasteiger charge is 1.93. The Bertz CT molecular complexity index is 284. The number of halogens is 1. The van der Waals surface area contributed by atoms with Crippen molar-refractivity contribution in [3.8, 4) is 5.75 Å². The van der Waals surface area contributed by atoms with Crippen molar-refractivity contribution in [2.75, 3.05) is 6.61 Å². The van der Waals surface area contributed by atoms with Gasteiger partial charge in [-0.1, -0.05) is 23.7 Å². The molecule has 0 spiro atoms. The average molecular weight is 199 g/mol. The second kappa shape index (κ2) is 5.62. The van der Waals surface area contributed by atoms with Crippen LogP contribution in [0, 0.1) is 0 Å². The molecule has 1 aromatic rings. The van der Waals surface area contributed by atoms with Crippen LogP contribution in [0.25, 0.3) is 0 Å². The molecule has 0 radical (unpaired) electrons. The van der Waals surface area contributed by atoms with Crippen molar-refractivity contribution >= 4 is 11.6 Å². The monoisotopic (exact) mass is 198 g/mol. The van der Waals surface area contributed by atoms with Gasteiger partial charge in [0.05, 0.1) is 6.61 Å². The average Bonchev–Trinajstić information content (AvgIpc) is 2.19. The van der Waals surface area contributed by atoms with E-state index in [1.807, 2.05) is 18.2 Å². The molecule has 1 N–H and O–H groups in total. The predicted molar refractivity (Wildman–Crippen MR) is 52.9 cm³/mol. The summed E-state index contributed by atoms with van der Waals surface area (Å²) in [5.74, 6) is 0.737. The molecule has 0 aliphatic carbocycles. The number of aliphatic hydroxyl groups excluding tert-OH is 1. The Morgan fingerprint density at radius 1 is 1.46 bits per heavy atom. The van der Waals surface area contributed by atoms with Gasteiger partial charge in [-0.15, -0.1) is 0 Å². The van der Waals surface area contributed by atoms with E-state index >= 15 is 0 Å². The highest BCUT2D eigenvalue weighted by atomic mass is 35.5. The van der Waals surface area contributed by atoms with E-state index in [4.69, 9.17) is 21.4 Å². The Kier molecular flexibility index (Phi) is 4.36. The fourth-order valence-electron chi connectivity index (χ4n) is 0.914. The molecule has 0 amide bonds. The Hall–Kier alpha value is -0.990. The molecule has 0 unspecified atom stereocenters. The van der Waals surface area contributed by atoms with E-state index in [9.17, 15) is 0 Å². The molecular weight excluding hydrogens is 188 g/mol. The molecule has 0 atom stereocenters. The van der Waals surface area contributed by atoms with Crippen LogP contribution in [0.2, 0.25) is 0 Å². The number of rotatable bonds is 4. The molecule has 0 saturated carbocycles. The zero-order valence-corrected chi connectivity index (χ0v) is 7.87. The van der Waals surface area contributed by atoms with E-state index in [0.29, 0.717) is 6.61 Å². The summed E-state index contributed by atoms with van der Waals surface area (Å²) < 4.78 is 5.31. The second-order valence-electron chi connectivity index (χ2n) is 2.48. The van der Waals surface area contributed by atoms with Gasteiger partial charge in [-0.2, -0.15) is 0 Å². The third-order valence-electron chi connectivity index (χ3n) is 1.52. The van der Waals surface area contributed by atoms with E-state index < -0.39 is 0 Å². The van der Waals surface area contributed by atoms with Gasteiger partial charge in [-0.3, -0.25) is 0 Å². The van der Waals surface area contributed by atoms with Crippen LogP contribution in [-0.2, 0) is 6.61 Å². The van der Waals surface area contributed by atoms with Crippen molar-refractivity contribution in [3.05, 3.63) is 41.4 Å². The number of benzene rings is 1. The van der Waals surface area contributed by atoms with Crippen molar-refractivity contribution in [1.29, 1.82) is 0 Å². The number of aliphatic hydroxyl groups is 1. The zero-order chi connectivity index (χ0) is 9.52. The fraction of sp³-hybridized carbons (Fsp3) is 0.200. The van der Waals surface area contributed by atoms with E-state index in [2.05, 4.69) is 0 Å². The van der Waals surface area contributed by atoms with Gasteiger partial charge < -0.3 is 9.84 Å². The summed E-state index contributed by atoms with van der Waals surface area (Å²) in [6.45, 7) is 0.473. The highest BCUT2D eigenvalue weighted by molar-refractivity contribution is 6.25. The lowest BCUT2D eigenvalue weighted by atomic mass is 10.2. The first kappa shape index (κ1) is 10.1. The number of hydrogen-bond acceptors (Lipinski definition) is 2. The Morgan fingerprint density at radius 2 is 2.31 bits per heavy atom. The van der Waals surface area contributed by atoms with Gasteiger partial charge in [-0.05, 0) is 23.8 Å². The quantitative estimate of drug-likeness (QED) is 0.805. The summed E-state index contributed by atoms with van der Waals surface area (Å²) in [4.78, 5) is 0. The lowest BCUT2D eigenvalue weighted by Crippen LogP contribution is -1.93. The first-order valence-corrected chi connectivity index (χ1v) is 4.38. The van der Waals surface area contributed by atoms with E-state index in [1.165, 1.54) is 5.54 Å². The fourth-order valence-corrected chi connectivity index (χ4v) is 0.987. The lowest BCUT2D eigenvalue weighted by molar-refractivity contribution is 0.280. The Morgan fingerprint density at radius 3 is 3.00 bits per heavy atom. The number of hydrogen-bond donors (Lipinski definition) is 1. The molecule has 3 heteroatoms. The first-order valence-electron chi connectivity index (χ1n) is 3.94. The van der Waals surface area contributed by atoms with Crippen LogP contribution in [0.15, 0.2) is 35.9 Å². The molecule has 2 nitrogen and oxygen atoms in total. The van der Waals surface area contributed by atoms with Crippen molar-refractivity contribution < 1.29 is 9.84 Å². The minimum Gasteiger partial charge on any atom is -0.489 e. The van der Waals surface area contributed by atoms with Crippen LogP contribution in [0.3, 0.4) is 0 Å². The lowest BCUT2D eigenvalue weighted by Gasteiger charge is -2.03. The van der Waals surface area contributed by atoms with Crippen LogP contribution < -0.4 is 4.74 Å². The van der Waals surface area contributed by atoms with Gasteiger partial charge in [-0.25, -0.2) is 0 Å². The zero-order valence-electron chi connectivity index (χ0n) is 7.11. The predicted octanol–water partition coefficient (Wildman–Crippen LogP) is 2.31. The highest BCUT2D eigenvalue weighted by Crippen LogP contribution is 2.12. The maximum Gasteiger partial charge on any atom is 0.120 e. The molecule has 0 aliphatic rings. The van der Waals surface area contributed by atoms with Gasteiger partial charge in [0, 0.05) is 5.54 Å². The Balaban J connectivity index is 2.56. The third-order valence-corrected chi connectivity index (χ3v) is 1.69. The summed E-state index contributed by atoms with van der Waals surface area (Å²) in [6.07, 6.45) is 1.70. The molecule has 13 heavy (non-hydrogen) atoms. The van der Waals surface area contributed by atoms with E-state index in [1.54, 1.807) is 12.1 Å². The Labute approximate surface area is 82.4 Å². The van der Waals surface area contributed by atoms with Gasteiger partial charge in [0.2, 0.25) is 0 Å². The molecule has 0 fully saturated rings. The normalized spacial score (nSPS) is 10.6. The van der Waals surface area contributed by atoms with Crippen LogP contribution in [0.4, 0.5) is 0 Å². The molecule has 1 aromatic carbocycles. The molecule has 0 heterocycles. The molecule has 0 saturated heterocycles. The summed E-state index contributed by atoms with van der Waals surface area (Å²) in [5, 5.41) is 8.84. The summed E-state index contributed by atoms with van der Waals surface area (Å²) >= 11 is 5.33. The van der Waals surface area contributed by atoms with Crippen LogP contribution in [0.1, 0.15) is 5.56 Å². The van der Waals surface area contributed by atoms with Gasteiger partial charge in [0.25, 0.3) is 0 Å². The molecular formula is C10H11ClO2. The maximum atomic E-state index is 8.84. The molecule has 1 rings (SSSR count).